The van der Waals surface area contributed by atoms with Crippen LogP contribution in [0.5, 0.6) is 0 Å². The summed E-state index contributed by atoms with van der Waals surface area (Å²) in [6.45, 7) is 4.23. The van der Waals surface area contributed by atoms with E-state index in [1.807, 2.05) is 13.0 Å². The summed E-state index contributed by atoms with van der Waals surface area (Å²) in [4.78, 5) is 8.31. The van der Waals surface area contributed by atoms with Crippen molar-refractivity contribution in [2.24, 2.45) is 0 Å². The minimum atomic E-state index is 0.550. The zero-order valence-electron chi connectivity index (χ0n) is 9.16. The molecule has 4 heteroatoms. The van der Waals surface area contributed by atoms with Gasteiger partial charge in [-0.25, -0.2) is 9.97 Å². The van der Waals surface area contributed by atoms with Gasteiger partial charge in [0.25, 0.3) is 0 Å². The summed E-state index contributed by atoms with van der Waals surface area (Å²) < 4.78 is 0. The van der Waals surface area contributed by atoms with Gasteiger partial charge in [0, 0.05) is 17.8 Å². The molecule has 15 heavy (non-hydrogen) atoms. The maximum Gasteiger partial charge on any atom is 0.129 e. The Bertz CT molecular complexity index is 305. The van der Waals surface area contributed by atoms with Gasteiger partial charge >= 0.3 is 0 Å². The minimum absolute atomic E-state index is 0.550. The molecule has 0 aliphatic carbocycles. The van der Waals surface area contributed by atoms with E-state index >= 15 is 0 Å². The van der Waals surface area contributed by atoms with E-state index in [4.69, 9.17) is 0 Å². The Kier molecular flexibility index (Phi) is 3.50. The average Bonchev–Trinajstić information content (AvgIpc) is 2.46. The first-order chi connectivity index (χ1) is 7.34. The van der Waals surface area contributed by atoms with Crippen molar-refractivity contribution < 1.29 is 0 Å². The van der Waals surface area contributed by atoms with Gasteiger partial charge in [-0.3, -0.25) is 0 Å². The second-order valence-electron chi connectivity index (χ2n) is 4.07. The van der Waals surface area contributed by atoms with Crippen LogP contribution >= 0.6 is 0 Å². The van der Waals surface area contributed by atoms with Crippen molar-refractivity contribution in [3.8, 4) is 0 Å². The van der Waals surface area contributed by atoms with Crippen LogP contribution in [0, 0.1) is 6.92 Å². The van der Waals surface area contributed by atoms with Crippen molar-refractivity contribution >= 4 is 5.82 Å². The molecule has 0 saturated carbocycles. The molecule has 0 aromatic carbocycles. The van der Waals surface area contributed by atoms with Gasteiger partial charge in [0.05, 0.1) is 0 Å². The van der Waals surface area contributed by atoms with Crippen LogP contribution in [-0.2, 0) is 0 Å². The van der Waals surface area contributed by atoms with E-state index in [9.17, 15) is 0 Å². The first-order valence-corrected chi connectivity index (χ1v) is 5.60. The van der Waals surface area contributed by atoms with Crippen molar-refractivity contribution in [3.63, 3.8) is 0 Å². The Balaban J connectivity index is 1.95. The fourth-order valence-corrected chi connectivity index (χ4v) is 1.91. The molecule has 1 aromatic heterocycles. The normalized spacial score (nSPS) is 22.1. The number of anilines is 1. The molecule has 1 unspecified atom stereocenters. The van der Waals surface area contributed by atoms with E-state index in [0.717, 1.165) is 24.6 Å². The summed E-state index contributed by atoms with van der Waals surface area (Å²) in [5.74, 6) is 0.953. The molecule has 2 heterocycles. The van der Waals surface area contributed by atoms with Gasteiger partial charge in [0.1, 0.15) is 12.1 Å². The Morgan fingerprint density at radius 1 is 1.33 bits per heavy atom. The van der Waals surface area contributed by atoms with E-state index in [-0.39, 0.29) is 0 Å². The zero-order chi connectivity index (χ0) is 10.5. The van der Waals surface area contributed by atoms with Crippen molar-refractivity contribution in [1.29, 1.82) is 0 Å². The predicted octanol–water partition coefficient (Wildman–Crippen LogP) is 1.34. The molecule has 4 nitrogen and oxygen atoms in total. The highest BCUT2D eigenvalue weighted by Crippen LogP contribution is 2.12. The van der Waals surface area contributed by atoms with Gasteiger partial charge in [-0.15, -0.1) is 0 Å². The molecule has 2 rings (SSSR count). The maximum absolute atomic E-state index is 4.22. The van der Waals surface area contributed by atoms with Crippen LogP contribution in [0.25, 0.3) is 0 Å². The largest absolute Gasteiger partial charge is 0.367 e. The molecule has 0 spiro atoms. The van der Waals surface area contributed by atoms with Crippen LogP contribution < -0.4 is 10.6 Å². The molecule has 1 aromatic rings. The van der Waals surface area contributed by atoms with Gasteiger partial charge in [-0.05, 0) is 39.3 Å². The number of nitrogens with one attached hydrogen (secondary N) is 2. The molecule has 0 radical (unpaired) electrons. The van der Waals surface area contributed by atoms with E-state index < -0.39 is 0 Å². The van der Waals surface area contributed by atoms with E-state index in [0.29, 0.717) is 6.04 Å². The lowest BCUT2D eigenvalue weighted by Crippen LogP contribution is -2.22. The molecule has 2 N–H and O–H groups in total. The van der Waals surface area contributed by atoms with Gasteiger partial charge in [0.15, 0.2) is 0 Å². The molecule has 1 saturated heterocycles. The van der Waals surface area contributed by atoms with Crippen molar-refractivity contribution in [1.82, 2.24) is 15.3 Å². The van der Waals surface area contributed by atoms with Crippen LogP contribution in [0.15, 0.2) is 12.4 Å². The zero-order valence-corrected chi connectivity index (χ0v) is 9.16. The second-order valence-corrected chi connectivity index (χ2v) is 4.07. The first kappa shape index (κ1) is 10.4. The van der Waals surface area contributed by atoms with Crippen LogP contribution in [0.4, 0.5) is 5.82 Å². The summed E-state index contributed by atoms with van der Waals surface area (Å²) >= 11 is 0. The Labute approximate surface area is 90.5 Å². The number of hydrogen-bond acceptors (Lipinski definition) is 4. The van der Waals surface area contributed by atoms with Crippen LogP contribution in [0.1, 0.15) is 25.0 Å². The van der Waals surface area contributed by atoms with Crippen molar-refractivity contribution in [3.05, 3.63) is 18.1 Å². The fourth-order valence-electron chi connectivity index (χ4n) is 1.91. The molecule has 82 valence electrons. The summed E-state index contributed by atoms with van der Waals surface area (Å²) in [5.41, 5.74) is 1.01. The van der Waals surface area contributed by atoms with Crippen molar-refractivity contribution in [2.75, 3.05) is 18.4 Å². The van der Waals surface area contributed by atoms with E-state index in [2.05, 4.69) is 20.6 Å². The van der Waals surface area contributed by atoms with Gasteiger partial charge < -0.3 is 10.6 Å². The number of aromatic nitrogens is 2. The van der Waals surface area contributed by atoms with E-state index in [1.165, 1.54) is 19.3 Å². The lowest BCUT2D eigenvalue weighted by Gasteiger charge is -2.16. The molecule has 1 aliphatic rings. The Morgan fingerprint density at radius 3 is 3.13 bits per heavy atom. The predicted molar refractivity (Wildman–Crippen MR) is 60.9 cm³/mol. The third-order valence-electron chi connectivity index (χ3n) is 2.73. The Morgan fingerprint density at radius 2 is 2.27 bits per heavy atom. The highest BCUT2D eigenvalue weighted by Gasteiger charge is 2.11. The number of aryl methyl sites for hydroxylation is 1. The molecular formula is C11H18N4. The fraction of sp³-hybridized carbons (Fsp3) is 0.636. The van der Waals surface area contributed by atoms with Gasteiger partial charge in [-0.2, -0.15) is 0 Å². The number of rotatable bonds is 2. The third kappa shape index (κ3) is 3.16. The minimum Gasteiger partial charge on any atom is -0.367 e. The Hall–Kier alpha value is -1.16. The third-order valence-corrected chi connectivity index (χ3v) is 2.73. The van der Waals surface area contributed by atoms with E-state index in [1.54, 1.807) is 6.33 Å². The summed E-state index contributed by atoms with van der Waals surface area (Å²) in [5, 5.41) is 6.87. The first-order valence-electron chi connectivity index (χ1n) is 5.60. The molecule has 1 fully saturated rings. The molecule has 0 bridgehead atoms. The standard InChI is InChI=1S/C11H18N4/c1-9-7-11(14-8-13-9)15-10-3-2-5-12-6-4-10/h7-8,10,12H,2-6H2,1H3,(H,13,14,15). The highest BCUT2D eigenvalue weighted by atomic mass is 15.0. The maximum atomic E-state index is 4.22. The second kappa shape index (κ2) is 5.07. The van der Waals surface area contributed by atoms with Crippen LogP contribution in [0.2, 0.25) is 0 Å². The summed E-state index contributed by atoms with van der Waals surface area (Å²) in [6, 6.07) is 2.55. The average molecular weight is 206 g/mol. The van der Waals surface area contributed by atoms with Crippen LogP contribution in [-0.4, -0.2) is 29.1 Å². The highest BCUT2D eigenvalue weighted by molar-refractivity contribution is 5.35. The van der Waals surface area contributed by atoms with Crippen LogP contribution in [0.3, 0.4) is 0 Å². The quantitative estimate of drug-likeness (QED) is 0.766. The monoisotopic (exact) mass is 206 g/mol. The molecule has 1 aliphatic heterocycles. The number of hydrogen-bond donors (Lipinski definition) is 2. The summed E-state index contributed by atoms with van der Waals surface area (Å²) in [6.07, 6.45) is 5.24. The molecular weight excluding hydrogens is 188 g/mol. The van der Waals surface area contributed by atoms with Gasteiger partial charge in [-0.1, -0.05) is 0 Å². The molecule has 0 amide bonds. The smallest absolute Gasteiger partial charge is 0.129 e. The molecule has 1 atom stereocenters. The lowest BCUT2D eigenvalue weighted by atomic mass is 10.1. The van der Waals surface area contributed by atoms with Gasteiger partial charge in [0.2, 0.25) is 0 Å². The summed E-state index contributed by atoms with van der Waals surface area (Å²) in [7, 11) is 0. The topological polar surface area (TPSA) is 49.8 Å². The SMILES string of the molecule is Cc1cc(NC2CCCNCC2)ncn1. The number of nitrogens with zero attached hydrogens (tertiary/aromatic N) is 2. The van der Waals surface area contributed by atoms with Crippen molar-refractivity contribution in [2.45, 2.75) is 32.2 Å². The lowest BCUT2D eigenvalue weighted by molar-refractivity contribution is 0.634.